The van der Waals surface area contributed by atoms with E-state index in [0.717, 1.165) is 18.8 Å². The third kappa shape index (κ3) is 3.39. The summed E-state index contributed by atoms with van der Waals surface area (Å²) in [4.78, 5) is 28.9. The number of hydrogen-bond donors (Lipinski definition) is 1. The predicted octanol–water partition coefficient (Wildman–Crippen LogP) is 0.664. The van der Waals surface area contributed by atoms with Crippen LogP contribution in [0.25, 0.3) is 0 Å². The lowest BCUT2D eigenvalue weighted by Gasteiger charge is -2.29. The topological polar surface area (TPSA) is 71.1 Å². The lowest BCUT2D eigenvalue weighted by Crippen LogP contribution is -2.49. The SMILES string of the molecule is Cl.O=C(C1CCN(c2ccc3c(c2)OCCO3)C1=O)N1CCNCC1. The first-order valence-electron chi connectivity index (χ1n) is 8.44. The number of nitrogens with one attached hydrogen (secondary N) is 1. The van der Waals surface area contributed by atoms with Crippen molar-refractivity contribution in [2.45, 2.75) is 6.42 Å². The van der Waals surface area contributed by atoms with Gasteiger partial charge in [0.1, 0.15) is 19.1 Å². The van der Waals surface area contributed by atoms with Crippen molar-refractivity contribution in [3.63, 3.8) is 0 Å². The fourth-order valence-electron chi connectivity index (χ4n) is 3.47. The van der Waals surface area contributed by atoms with Crippen LogP contribution in [0.5, 0.6) is 11.5 Å². The number of anilines is 1. The minimum Gasteiger partial charge on any atom is -0.486 e. The van der Waals surface area contributed by atoms with Crippen LogP contribution in [-0.4, -0.2) is 62.7 Å². The summed E-state index contributed by atoms with van der Waals surface area (Å²) in [6.07, 6.45) is 0.566. The molecule has 1 N–H and O–H groups in total. The van der Waals surface area contributed by atoms with Crippen molar-refractivity contribution in [2.24, 2.45) is 5.92 Å². The summed E-state index contributed by atoms with van der Waals surface area (Å²) in [5, 5.41) is 3.22. The van der Waals surface area contributed by atoms with Crippen molar-refractivity contribution in [3.05, 3.63) is 18.2 Å². The van der Waals surface area contributed by atoms with Crippen molar-refractivity contribution in [1.29, 1.82) is 0 Å². The highest BCUT2D eigenvalue weighted by molar-refractivity contribution is 6.09. The first kappa shape index (κ1) is 17.8. The smallest absolute Gasteiger partial charge is 0.239 e. The molecule has 136 valence electrons. The van der Waals surface area contributed by atoms with Crippen LogP contribution in [-0.2, 0) is 9.59 Å². The van der Waals surface area contributed by atoms with Gasteiger partial charge in [0, 0.05) is 44.5 Å². The van der Waals surface area contributed by atoms with E-state index in [4.69, 9.17) is 9.47 Å². The zero-order valence-electron chi connectivity index (χ0n) is 13.9. The molecule has 0 spiro atoms. The zero-order valence-corrected chi connectivity index (χ0v) is 14.7. The molecule has 0 radical (unpaired) electrons. The van der Waals surface area contributed by atoms with Gasteiger partial charge in [-0.1, -0.05) is 0 Å². The number of nitrogens with zero attached hydrogens (tertiary/aromatic N) is 2. The van der Waals surface area contributed by atoms with Crippen molar-refractivity contribution in [2.75, 3.05) is 50.8 Å². The van der Waals surface area contributed by atoms with Crippen LogP contribution in [0, 0.1) is 5.92 Å². The van der Waals surface area contributed by atoms with Gasteiger partial charge in [0.2, 0.25) is 11.8 Å². The molecular formula is C17H22ClN3O4. The van der Waals surface area contributed by atoms with Crippen LogP contribution >= 0.6 is 12.4 Å². The lowest BCUT2D eigenvalue weighted by molar-refractivity contribution is -0.140. The second kappa shape index (κ2) is 7.49. The van der Waals surface area contributed by atoms with E-state index in [1.165, 1.54) is 0 Å². The van der Waals surface area contributed by atoms with Crippen LogP contribution < -0.4 is 19.7 Å². The number of halogens is 1. The molecule has 2 amide bonds. The van der Waals surface area contributed by atoms with Gasteiger partial charge in [-0.3, -0.25) is 9.59 Å². The highest BCUT2D eigenvalue weighted by Crippen LogP contribution is 2.36. The number of carbonyl (C=O) groups excluding carboxylic acids is 2. The van der Waals surface area contributed by atoms with Gasteiger partial charge in [0.05, 0.1) is 0 Å². The van der Waals surface area contributed by atoms with Crippen LogP contribution in [0.2, 0.25) is 0 Å². The van der Waals surface area contributed by atoms with Gasteiger partial charge >= 0.3 is 0 Å². The Balaban J connectivity index is 0.00000182. The van der Waals surface area contributed by atoms with Crippen molar-refractivity contribution in [1.82, 2.24) is 10.2 Å². The molecule has 0 aromatic heterocycles. The average Bonchev–Trinajstić information content (AvgIpc) is 3.03. The summed E-state index contributed by atoms with van der Waals surface area (Å²) in [5.41, 5.74) is 0.764. The summed E-state index contributed by atoms with van der Waals surface area (Å²) < 4.78 is 11.1. The maximum Gasteiger partial charge on any atom is 0.239 e. The van der Waals surface area contributed by atoms with E-state index in [9.17, 15) is 9.59 Å². The molecule has 1 aromatic rings. The summed E-state index contributed by atoms with van der Waals surface area (Å²) in [5.74, 6) is 0.640. The lowest BCUT2D eigenvalue weighted by atomic mass is 10.1. The molecule has 8 heteroatoms. The van der Waals surface area contributed by atoms with Crippen LogP contribution in [0.3, 0.4) is 0 Å². The minimum absolute atomic E-state index is 0. The largest absolute Gasteiger partial charge is 0.486 e. The Morgan fingerprint density at radius 2 is 1.80 bits per heavy atom. The predicted molar refractivity (Wildman–Crippen MR) is 94.6 cm³/mol. The quantitative estimate of drug-likeness (QED) is 0.778. The van der Waals surface area contributed by atoms with E-state index >= 15 is 0 Å². The molecule has 3 aliphatic heterocycles. The minimum atomic E-state index is -0.559. The molecule has 0 bridgehead atoms. The molecule has 0 aliphatic carbocycles. The van der Waals surface area contributed by atoms with Crippen LogP contribution in [0.15, 0.2) is 18.2 Å². The Labute approximate surface area is 152 Å². The highest BCUT2D eigenvalue weighted by atomic mass is 35.5. The third-order valence-electron chi connectivity index (χ3n) is 4.77. The second-order valence-corrected chi connectivity index (χ2v) is 6.23. The summed E-state index contributed by atoms with van der Waals surface area (Å²) in [6.45, 7) is 4.53. The standard InChI is InChI=1S/C17H21N3O4.ClH/c21-16(19-7-4-18-5-8-19)13-3-6-20(17(13)22)12-1-2-14-15(11-12)24-10-9-23-14;/h1-2,11,13,18H,3-10H2;1H. The Kier molecular flexibility index (Phi) is 5.34. The molecule has 1 atom stereocenters. The van der Waals surface area contributed by atoms with E-state index in [2.05, 4.69) is 5.32 Å². The van der Waals surface area contributed by atoms with E-state index in [1.807, 2.05) is 18.2 Å². The molecule has 25 heavy (non-hydrogen) atoms. The Hall–Kier alpha value is -1.99. The fourth-order valence-corrected chi connectivity index (χ4v) is 3.47. The first-order valence-corrected chi connectivity index (χ1v) is 8.44. The summed E-state index contributed by atoms with van der Waals surface area (Å²) >= 11 is 0. The van der Waals surface area contributed by atoms with Gasteiger partial charge in [0.15, 0.2) is 11.5 Å². The number of rotatable bonds is 2. The van der Waals surface area contributed by atoms with Crippen molar-refractivity contribution in [3.8, 4) is 11.5 Å². The maximum atomic E-state index is 12.7. The number of carbonyl (C=O) groups is 2. The molecule has 3 aliphatic rings. The Morgan fingerprint density at radius 1 is 1.08 bits per heavy atom. The van der Waals surface area contributed by atoms with Crippen molar-refractivity contribution >= 4 is 29.9 Å². The number of hydrogen-bond acceptors (Lipinski definition) is 5. The normalized spacial score (nSPS) is 22.6. The van der Waals surface area contributed by atoms with E-state index in [0.29, 0.717) is 50.8 Å². The molecule has 0 saturated carbocycles. The molecule has 3 heterocycles. The number of ether oxygens (including phenoxy) is 2. The van der Waals surface area contributed by atoms with Gasteiger partial charge in [-0.25, -0.2) is 0 Å². The highest BCUT2D eigenvalue weighted by Gasteiger charge is 2.40. The van der Waals surface area contributed by atoms with Crippen molar-refractivity contribution < 1.29 is 19.1 Å². The average molecular weight is 368 g/mol. The Bertz CT molecular complexity index is 663. The molecule has 4 rings (SSSR count). The number of benzene rings is 1. The molecule has 1 aromatic carbocycles. The zero-order chi connectivity index (χ0) is 16.5. The number of fused-ring (bicyclic) bond motifs is 1. The Morgan fingerprint density at radius 3 is 2.56 bits per heavy atom. The molecule has 7 nitrogen and oxygen atoms in total. The van der Waals surface area contributed by atoms with Gasteiger partial charge in [-0.2, -0.15) is 0 Å². The number of amides is 2. The fraction of sp³-hybridized carbons (Fsp3) is 0.529. The van der Waals surface area contributed by atoms with Crippen LogP contribution in [0.4, 0.5) is 5.69 Å². The van der Waals surface area contributed by atoms with Gasteiger partial charge in [-0.05, 0) is 18.6 Å². The van der Waals surface area contributed by atoms with E-state index in [-0.39, 0.29) is 24.2 Å². The molecule has 1 unspecified atom stereocenters. The third-order valence-corrected chi connectivity index (χ3v) is 4.77. The van der Waals surface area contributed by atoms with Gasteiger partial charge < -0.3 is 24.6 Å². The molecule has 2 saturated heterocycles. The molecular weight excluding hydrogens is 346 g/mol. The van der Waals surface area contributed by atoms with Gasteiger partial charge in [-0.15, -0.1) is 12.4 Å². The van der Waals surface area contributed by atoms with Crippen LogP contribution in [0.1, 0.15) is 6.42 Å². The summed E-state index contributed by atoms with van der Waals surface area (Å²) in [6, 6.07) is 5.50. The second-order valence-electron chi connectivity index (χ2n) is 6.23. The monoisotopic (exact) mass is 367 g/mol. The van der Waals surface area contributed by atoms with E-state index < -0.39 is 5.92 Å². The molecule has 2 fully saturated rings. The number of piperazine rings is 1. The van der Waals surface area contributed by atoms with E-state index in [1.54, 1.807) is 9.80 Å². The maximum absolute atomic E-state index is 12.7. The summed E-state index contributed by atoms with van der Waals surface area (Å²) in [7, 11) is 0. The van der Waals surface area contributed by atoms with Gasteiger partial charge in [0.25, 0.3) is 0 Å². The first-order chi connectivity index (χ1) is 11.7.